The largest absolute Gasteiger partial charge is 2.00 e. The van der Waals surface area contributed by atoms with Crippen molar-refractivity contribution in [2.24, 2.45) is 0 Å². The molecule has 0 aromatic heterocycles. The molecule has 0 heterocycles. The van der Waals surface area contributed by atoms with Gasteiger partial charge in [-0.25, -0.2) is 0 Å². The van der Waals surface area contributed by atoms with Crippen LogP contribution in [0.5, 0.6) is 0 Å². The first kappa shape index (κ1) is 22.4. The zero-order chi connectivity index (χ0) is 7.15. The molecular formula is C4H8CaMgO4. The maximum Gasteiger partial charge on any atom is 2.00 e. The summed E-state index contributed by atoms with van der Waals surface area (Å²) in [6.45, 7) is 1.94. The fourth-order valence-electron chi connectivity index (χ4n) is 0. The zero-order valence-corrected chi connectivity index (χ0v) is 7.55. The molecule has 0 aliphatic heterocycles. The molecule has 0 spiro atoms. The first-order valence-corrected chi connectivity index (χ1v) is 1.82. The average molecular weight is 184 g/mol. The number of carbonyl (C=O) groups excluding carboxylic acids is 2. The predicted molar refractivity (Wildman–Crippen MR) is 35.7 cm³/mol. The summed E-state index contributed by atoms with van der Waals surface area (Å²) in [5.74, 6) is -2.17. The van der Waals surface area contributed by atoms with Gasteiger partial charge >= 0.3 is 60.8 Å². The van der Waals surface area contributed by atoms with Crippen LogP contribution in [0.15, 0.2) is 0 Å². The molecule has 0 bridgehead atoms. The second-order valence-electron chi connectivity index (χ2n) is 0.983. The summed E-state index contributed by atoms with van der Waals surface area (Å²) in [6, 6.07) is 0. The fourth-order valence-corrected chi connectivity index (χ4v) is 0. The molecular weight excluding hydrogens is 176 g/mol. The van der Waals surface area contributed by atoms with Crippen LogP contribution in [-0.2, 0) is 9.59 Å². The van der Waals surface area contributed by atoms with E-state index in [9.17, 15) is 0 Å². The van der Waals surface area contributed by atoms with E-state index in [1.165, 1.54) is 0 Å². The van der Waals surface area contributed by atoms with Crippen molar-refractivity contribution in [3.8, 4) is 0 Å². The van der Waals surface area contributed by atoms with Crippen molar-refractivity contribution in [1.29, 1.82) is 0 Å². The molecule has 0 aliphatic carbocycles. The normalized spacial score (nSPS) is 5.00. The Bertz CT molecular complexity index is 75.3. The van der Waals surface area contributed by atoms with Crippen LogP contribution in [-0.4, -0.2) is 72.7 Å². The Morgan fingerprint density at radius 2 is 1.00 bits per heavy atom. The molecule has 0 atom stereocenters. The number of rotatable bonds is 0. The van der Waals surface area contributed by atoms with Crippen LogP contribution in [0.3, 0.4) is 0 Å². The number of aliphatic carboxylic acids is 2. The molecule has 0 radical (unpaired) electrons. The standard InChI is InChI=1S/2C2H4O2.Ca.Mg.2H/c2*1-2(3)4;;;;/h2*1H3,(H,3,4);;;;/q;;+2;;;/p-2. The third-order valence-corrected chi connectivity index (χ3v) is 0. The third kappa shape index (κ3) is 610. The topological polar surface area (TPSA) is 80.3 Å². The molecule has 0 N–H and O–H groups in total. The summed E-state index contributed by atoms with van der Waals surface area (Å²) in [5, 5.41) is 17.8. The Hall–Kier alpha value is 0.966. The van der Waals surface area contributed by atoms with Crippen molar-refractivity contribution in [1.82, 2.24) is 0 Å². The molecule has 6 heteroatoms. The first-order valence-electron chi connectivity index (χ1n) is 1.82. The van der Waals surface area contributed by atoms with E-state index >= 15 is 0 Å². The van der Waals surface area contributed by atoms with Crippen LogP contribution in [0.1, 0.15) is 13.8 Å². The van der Waals surface area contributed by atoms with Crippen molar-refractivity contribution >= 4 is 72.7 Å². The van der Waals surface area contributed by atoms with Gasteiger partial charge in [0, 0.05) is 11.9 Å². The number of carbonyl (C=O) groups is 2. The molecule has 4 nitrogen and oxygen atoms in total. The molecule has 0 rings (SSSR count). The van der Waals surface area contributed by atoms with Crippen LogP contribution >= 0.6 is 0 Å². The van der Waals surface area contributed by atoms with Gasteiger partial charge in [-0.05, 0) is 13.8 Å². The van der Waals surface area contributed by atoms with E-state index in [-0.39, 0.29) is 60.8 Å². The van der Waals surface area contributed by atoms with Gasteiger partial charge in [-0.3, -0.25) is 0 Å². The smallest absolute Gasteiger partial charge is 0.550 e. The first-order chi connectivity index (χ1) is 3.46. The van der Waals surface area contributed by atoms with Gasteiger partial charge in [0.1, 0.15) is 0 Å². The van der Waals surface area contributed by atoms with Crippen molar-refractivity contribution in [2.45, 2.75) is 13.8 Å². The summed E-state index contributed by atoms with van der Waals surface area (Å²) in [4.78, 5) is 17.8. The van der Waals surface area contributed by atoms with Crippen molar-refractivity contribution in [2.75, 3.05) is 0 Å². The summed E-state index contributed by atoms with van der Waals surface area (Å²) in [6.07, 6.45) is 0. The second kappa shape index (κ2) is 16.5. The van der Waals surface area contributed by atoms with Crippen LogP contribution in [0.2, 0.25) is 0 Å². The minimum Gasteiger partial charge on any atom is -0.550 e. The molecule has 0 aliphatic rings. The SMILES string of the molecule is CC(=O)[O-].CC(=O)[O-].[Ca+2].[MgH2]. The molecule has 0 saturated carbocycles. The summed E-state index contributed by atoms with van der Waals surface area (Å²) in [7, 11) is 0. The van der Waals surface area contributed by atoms with E-state index in [1.807, 2.05) is 0 Å². The van der Waals surface area contributed by atoms with Gasteiger partial charge in [0.15, 0.2) is 0 Å². The summed E-state index contributed by atoms with van der Waals surface area (Å²) in [5.41, 5.74) is 0. The minimum atomic E-state index is -1.08. The Morgan fingerprint density at radius 3 is 1.00 bits per heavy atom. The van der Waals surface area contributed by atoms with Gasteiger partial charge in [0.2, 0.25) is 0 Å². The van der Waals surface area contributed by atoms with Crippen LogP contribution in [0.25, 0.3) is 0 Å². The molecule has 0 unspecified atom stereocenters. The molecule has 0 saturated heterocycles. The van der Waals surface area contributed by atoms with Gasteiger partial charge < -0.3 is 19.8 Å². The Labute approximate surface area is 105 Å². The van der Waals surface area contributed by atoms with Crippen molar-refractivity contribution in [3.63, 3.8) is 0 Å². The Balaban J connectivity index is -0.0000000300. The predicted octanol–water partition coefficient (Wildman–Crippen LogP) is -3.78. The number of hydrogen-bond donors (Lipinski definition) is 0. The quantitative estimate of drug-likeness (QED) is 0.362. The Morgan fingerprint density at radius 1 is 1.00 bits per heavy atom. The second-order valence-corrected chi connectivity index (χ2v) is 0.983. The van der Waals surface area contributed by atoms with Crippen molar-refractivity contribution in [3.05, 3.63) is 0 Å². The minimum absolute atomic E-state index is 0. The zero-order valence-electron chi connectivity index (χ0n) is 5.34. The van der Waals surface area contributed by atoms with E-state index in [0.717, 1.165) is 13.8 Å². The number of carboxylic acids is 2. The summed E-state index contributed by atoms with van der Waals surface area (Å²) < 4.78 is 0. The number of carboxylic acid groups (broad SMARTS) is 2. The molecule has 0 fully saturated rings. The maximum absolute atomic E-state index is 8.89. The van der Waals surface area contributed by atoms with Gasteiger partial charge in [0.05, 0.1) is 0 Å². The van der Waals surface area contributed by atoms with Crippen LogP contribution < -0.4 is 10.2 Å². The van der Waals surface area contributed by atoms with E-state index in [0.29, 0.717) is 0 Å². The van der Waals surface area contributed by atoms with Crippen LogP contribution in [0.4, 0.5) is 0 Å². The molecule has 0 aromatic rings. The fraction of sp³-hybridized carbons (Fsp3) is 0.500. The Kier molecular flexibility index (Phi) is 37.1. The van der Waals surface area contributed by atoms with E-state index in [2.05, 4.69) is 0 Å². The average Bonchev–Trinajstić information content (AvgIpc) is 1.25. The van der Waals surface area contributed by atoms with Gasteiger partial charge in [-0.2, -0.15) is 0 Å². The van der Waals surface area contributed by atoms with Gasteiger partial charge in [-0.1, -0.05) is 0 Å². The third-order valence-electron chi connectivity index (χ3n) is 0. The van der Waals surface area contributed by atoms with E-state index in [4.69, 9.17) is 19.8 Å². The van der Waals surface area contributed by atoms with Crippen molar-refractivity contribution < 1.29 is 19.8 Å². The molecule has 0 amide bonds. The summed E-state index contributed by atoms with van der Waals surface area (Å²) >= 11 is 0. The monoisotopic (exact) mass is 184 g/mol. The molecule has 10 heavy (non-hydrogen) atoms. The van der Waals surface area contributed by atoms with E-state index < -0.39 is 11.9 Å². The number of hydrogen-bond acceptors (Lipinski definition) is 4. The van der Waals surface area contributed by atoms with Gasteiger partial charge in [0.25, 0.3) is 0 Å². The van der Waals surface area contributed by atoms with E-state index in [1.54, 1.807) is 0 Å². The molecule has 52 valence electrons. The maximum atomic E-state index is 8.89. The molecule has 0 aromatic carbocycles. The van der Waals surface area contributed by atoms with Gasteiger partial charge in [-0.15, -0.1) is 0 Å². The van der Waals surface area contributed by atoms with Crippen LogP contribution in [0, 0.1) is 0 Å².